The maximum Gasteiger partial charge on any atom is 0.121 e. The number of nitrogens with zero attached hydrogens (tertiary/aromatic N) is 2. The van der Waals surface area contributed by atoms with Crippen LogP contribution in [0, 0.1) is 3.57 Å². The molecule has 4 nitrogen and oxygen atoms in total. The van der Waals surface area contributed by atoms with Crippen LogP contribution in [-0.4, -0.2) is 15.0 Å². The fourth-order valence-corrected chi connectivity index (χ4v) is 1.62. The lowest BCUT2D eigenvalue weighted by molar-refractivity contribution is 0.958. The van der Waals surface area contributed by atoms with Gasteiger partial charge in [-0.05, 0) is 22.6 Å². The maximum atomic E-state index is 5.45. The zero-order valence-corrected chi connectivity index (χ0v) is 8.37. The number of H-pyrrole nitrogens is 1. The van der Waals surface area contributed by atoms with E-state index in [9.17, 15) is 0 Å². The number of hydrogen-bond acceptors (Lipinski definition) is 3. The van der Waals surface area contributed by atoms with E-state index in [0.717, 1.165) is 20.4 Å². The highest BCUT2D eigenvalue weighted by atomic mass is 127. The summed E-state index contributed by atoms with van der Waals surface area (Å²) in [6.07, 6.45) is 3.54. The summed E-state index contributed by atoms with van der Waals surface area (Å²) in [5.74, 6) is 0.802. The number of aromatic nitrogens is 3. The number of hydrogen-bond donors (Lipinski definition) is 2. The standard InChI is InChI=1S/C7H7IN4/c8-4-2-10-3-5-7(4)12-6(1-9)11-5/h2-3H,1,9H2,(H,11,12). The molecule has 0 saturated carbocycles. The normalized spacial score (nSPS) is 10.8. The summed E-state index contributed by atoms with van der Waals surface area (Å²) in [5.41, 5.74) is 7.34. The third-order valence-electron chi connectivity index (χ3n) is 1.59. The Bertz CT molecular complexity index is 409. The van der Waals surface area contributed by atoms with Crippen molar-refractivity contribution in [1.29, 1.82) is 0 Å². The molecule has 12 heavy (non-hydrogen) atoms. The molecule has 0 atom stereocenters. The zero-order valence-electron chi connectivity index (χ0n) is 6.21. The van der Waals surface area contributed by atoms with Gasteiger partial charge in [0.05, 0.1) is 21.8 Å². The summed E-state index contributed by atoms with van der Waals surface area (Å²) in [4.78, 5) is 11.4. The Balaban J connectivity index is 2.74. The third-order valence-corrected chi connectivity index (χ3v) is 2.38. The predicted octanol–water partition coefficient (Wildman–Crippen LogP) is 1.02. The number of nitrogens with two attached hydrogens (primary N) is 1. The fourth-order valence-electron chi connectivity index (χ4n) is 1.05. The monoisotopic (exact) mass is 274 g/mol. The molecule has 0 unspecified atom stereocenters. The predicted molar refractivity (Wildman–Crippen MR) is 54.5 cm³/mol. The summed E-state index contributed by atoms with van der Waals surface area (Å²) < 4.78 is 1.04. The first-order chi connectivity index (χ1) is 5.81. The summed E-state index contributed by atoms with van der Waals surface area (Å²) in [7, 11) is 0. The second-order valence-corrected chi connectivity index (χ2v) is 3.57. The average molecular weight is 274 g/mol. The van der Waals surface area contributed by atoms with Gasteiger partial charge in [-0.2, -0.15) is 0 Å². The number of rotatable bonds is 1. The second kappa shape index (κ2) is 2.98. The minimum absolute atomic E-state index is 0.435. The molecule has 5 heteroatoms. The van der Waals surface area contributed by atoms with E-state index in [1.54, 1.807) is 12.4 Å². The molecule has 2 aromatic rings. The van der Waals surface area contributed by atoms with Crippen LogP contribution in [0.25, 0.3) is 11.0 Å². The van der Waals surface area contributed by atoms with Gasteiger partial charge in [0.2, 0.25) is 0 Å². The minimum Gasteiger partial charge on any atom is -0.340 e. The molecule has 0 aromatic carbocycles. The van der Waals surface area contributed by atoms with Gasteiger partial charge in [0.15, 0.2) is 0 Å². The van der Waals surface area contributed by atoms with E-state index in [1.807, 2.05) is 0 Å². The Morgan fingerprint density at radius 2 is 2.33 bits per heavy atom. The van der Waals surface area contributed by atoms with Crippen LogP contribution in [0.1, 0.15) is 5.82 Å². The molecule has 2 heterocycles. The Hall–Kier alpha value is -0.690. The van der Waals surface area contributed by atoms with E-state index >= 15 is 0 Å². The number of halogens is 1. The Morgan fingerprint density at radius 1 is 1.50 bits per heavy atom. The topological polar surface area (TPSA) is 67.6 Å². The number of imidazole rings is 1. The first-order valence-corrected chi connectivity index (χ1v) is 4.57. The van der Waals surface area contributed by atoms with Crippen molar-refractivity contribution >= 4 is 33.6 Å². The molecule has 2 rings (SSSR count). The average Bonchev–Trinajstić information content (AvgIpc) is 2.49. The van der Waals surface area contributed by atoms with Crippen molar-refractivity contribution in [2.24, 2.45) is 5.73 Å². The van der Waals surface area contributed by atoms with Crippen molar-refractivity contribution < 1.29 is 0 Å². The molecule has 0 saturated heterocycles. The number of fused-ring (bicyclic) bond motifs is 1. The fraction of sp³-hybridized carbons (Fsp3) is 0.143. The number of aromatic amines is 1. The van der Waals surface area contributed by atoms with Gasteiger partial charge in [-0.15, -0.1) is 0 Å². The van der Waals surface area contributed by atoms with Crippen molar-refractivity contribution in [3.63, 3.8) is 0 Å². The van der Waals surface area contributed by atoms with E-state index < -0.39 is 0 Å². The maximum absolute atomic E-state index is 5.45. The largest absolute Gasteiger partial charge is 0.340 e. The highest BCUT2D eigenvalue weighted by Gasteiger charge is 2.03. The van der Waals surface area contributed by atoms with E-state index in [4.69, 9.17) is 5.73 Å². The van der Waals surface area contributed by atoms with Crippen LogP contribution in [0.15, 0.2) is 12.4 Å². The van der Waals surface area contributed by atoms with Gasteiger partial charge in [0.1, 0.15) is 11.3 Å². The van der Waals surface area contributed by atoms with Gasteiger partial charge in [-0.3, -0.25) is 4.98 Å². The Morgan fingerprint density at radius 3 is 3.00 bits per heavy atom. The lowest BCUT2D eigenvalue weighted by Crippen LogP contribution is -1.97. The molecular weight excluding hydrogens is 267 g/mol. The smallest absolute Gasteiger partial charge is 0.121 e. The van der Waals surface area contributed by atoms with Gasteiger partial charge < -0.3 is 10.7 Å². The first-order valence-electron chi connectivity index (χ1n) is 3.49. The molecular formula is C7H7IN4. The lowest BCUT2D eigenvalue weighted by atomic mass is 10.4. The van der Waals surface area contributed by atoms with E-state index in [1.165, 1.54) is 0 Å². The van der Waals surface area contributed by atoms with Crippen LogP contribution in [0.2, 0.25) is 0 Å². The van der Waals surface area contributed by atoms with Crippen LogP contribution < -0.4 is 5.73 Å². The van der Waals surface area contributed by atoms with Gasteiger partial charge in [-0.25, -0.2) is 4.98 Å². The van der Waals surface area contributed by atoms with Gasteiger partial charge >= 0.3 is 0 Å². The Labute approximate surface area is 82.7 Å². The quantitative estimate of drug-likeness (QED) is 0.763. The summed E-state index contributed by atoms with van der Waals surface area (Å²) >= 11 is 2.20. The van der Waals surface area contributed by atoms with Crippen molar-refractivity contribution in [3.8, 4) is 0 Å². The highest BCUT2D eigenvalue weighted by molar-refractivity contribution is 14.1. The van der Waals surface area contributed by atoms with E-state index in [2.05, 4.69) is 37.5 Å². The molecule has 0 radical (unpaired) electrons. The first kappa shape index (κ1) is 7.93. The van der Waals surface area contributed by atoms with Crippen LogP contribution in [-0.2, 0) is 6.54 Å². The van der Waals surface area contributed by atoms with Crippen molar-refractivity contribution in [2.45, 2.75) is 6.54 Å². The summed E-state index contributed by atoms with van der Waals surface area (Å²) in [5, 5.41) is 0. The van der Waals surface area contributed by atoms with Crippen LogP contribution >= 0.6 is 22.6 Å². The molecule has 0 fully saturated rings. The summed E-state index contributed by atoms with van der Waals surface area (Å²) in [6, 6.07) is 0. The van der Waals surface area contributed by atoms with Gasteiger partial charge in [0.25, 0.3) is 0 Å². The molecule has 0 bridgehead atoms. The van der Waals surface area contributed by atoms with Crippen molar-refractivity contribution in [3.05, 3.63) is 21.8 Å². The van der Waals surface area contributed by atoms with Crippen LogP contribution in [0.4, 0.5) is 0 Å². The molecule has 62 valence electrons. The molecule has 2 aromatic heterocycles. The molecule has 3 N–H and O–H groups in total. The zero-order chi connectivity index (χ0) is 8.55. The van der Waals surface area contributed by atoms with Crippen LogP contribution in [0.3, 0.4) is 0 Å². The summed E-state index contributed by atoms with van der Waals surface area (Å²) in [6.45, 7) is 0.435. The highest BCUT2D eigenvalue weighted by Crippen LogP contribution is 2.15. The molecule has 0 aliphatic carbocycles. The van der Waals surface area contributed by atoms with E-state index in [0.29, 0.717) is 6.54 Å². The van der Waals surface area contributed by atoms with E-state index in [-0.39, 0.29) is 0 Å². The Kier molecular flexibility index (Phi) is 1.97. The third kappa shape index (κ3) is 1.18. The SMILES string of the molecule is NCc1nc2c(I)cncc2[nH]1. The molecule has 0 aliphatic heterocycles. The van der Waals surface area contributed by atoms with Crippen molar-refractivity contribution in [1.82, 2.24) is 15.0 Å². The molecule has 0 amide bonds. The number of nitrogens with one attached hydrogen (secondary N) is 1. The lowest BCUT2D eigenvalue weighted by Gasteiger charge is -1.87. The van der Waals surface area contributed by atoms with Gasteiger partial charge in [-0.1, -0.05) is 0 Å². The molecule has 0 aliphatic rings. The number of pyridine rings is 1. The minimum atomic E-state index is 0.435. The second-order valence-electron chi connectivity index (χ2n) is 2.41. The van der Waals surface area contributed by atoms with Crippen molar-refractivity contribution in [2.75, 3.05) is 0 Å². The van der Waals surface area contributed by atoms with Crippen LogP contribution in [0.5, 0.6) is 0 Å². The molecule has 0 spiro atoms. The van der Waals surface area contributed by atoms with Gasteiger partial charge in [0, 0.05) is 6.20 Å².